The molecule has 4 heterocycles. The maximum Gasteiger partial charge on any atom is 0.278 e. The number of anilines is 1. The zero-order valence-electron chi connectivity index (χ0n) is 19.0. The van der Waals surface area contributed by atoms with Crippen molar-refractivity contribution in [2.24, 2.45) is 5.16 Å². The first-order valence-corrected chi connectivity index (χ1v) is 13.2. The molecule has 188 valence electrons. The molecule has 36 heavy (non-hydrogen) atoms. The Morgan fingerprint density at radius 1 is 1.28 bits per heavy atom. The second kappa shape index (κ2) is 10.2. The predicted molar refractivity (Wildman–Crippen MR) is 128 cm³/mol. The van der Waals surface area contributed by atoms with Crippen LogP contribution in [0.4, 0.5) is 5.13 Å². The van der Waals surface area contributed by atoms with Crippen molar-refractivity contribution in [1.29, 1.82) is 0 Å². The summed E-state index contributed by atoms with van der Waals surface area (Å²) in [5.41, 5.74) is 5.90. The molecular formula is C22H23N7O5S2. The summed E-state index contributed by atoms with van der Waals surface area (Å²) in [6.07, 6.45) is 7.23. The van der Waals surface area contributed by atoms with Gasteiger partial charge in [0.2, 0.25) is 11.5 Å². The number of nitrogens with zero attached hydrogens (tertiary/aromatic N) is 5. The Morgan fingerprint density at radius 3 is 2.69 bits per heavy atom. The van der Waals surface area contributed by atoms with Gasteiger partial charge in [-0.25, -0.2) is 4.57 Å². The normalized spacial score (nSPS) is 22.3. The molecule has 1 saturated heterocycles. The monoisotopic (exact) mass is 529 g/mol. The van der Waals surface area contributed by atoms with Crippen LogP contribution in [0, 0.1) is 0 Å². The molecule has 3 aliphatic rings. The molecule has 14 heteroatoms. The molecule has 1 saturated carbocycles. The number of fused-ring (bicyclic) bond motifs is 1. The lowest BCUT2D eigenvalue weighted by Gasteiger charge is -2.50. The molecule has 0 radical (unpaired) electrons. The number of pyridine rings is 1. The Labute approximate surface area is 214 Å². The number of nitrogens with one attached hydrogen (secondary N) is 1. The van der Waals surface area contributed by atoms with E-state index in [0.29, 0.717) is 17.9 Å². The summed E-state index contributed by atoms with van der Waals surface area (Å²) < 4.78 is 5.88. The minimum Gasteiger partial charge on any atom is -0.543 e. The smallest absolute Gasteiger partial charge is 0.278 e. The summed E-state index contributed by atoms with van der Waals surface area (Å²) in [6.45, 7) is 0.302. The first kappa shape index (κ1) is 24.2. The topological polar surface area (TPSA) is 167 Å². The van der Waals surface area contributed by atoms with E-state index in [1.807, 2.05) is 35.2 Å². The van der Waals surface area contributed by atoms with Gasteiger partial charge in [0, 0.05) is 35.0 Å². The number of hydrogen-bond donors (Lipinski definition) is 2. The fourth-order valence-corrected chi connectivity index (χ4v) is 6.17. The number of carbonyl (C=O) groups excluding carboxylic acids is 3. The predicted octanol–water partition coefficient (Wildman–Crippen LogP) is -0.825. The maximum atomic E-state index is 13.1. The van der Waals surface area contributed by atoms with Gasteiger partial charge in [-0.1, -0.05) is 11.2 Å². The Hall–Kier alpha value is -3.52. The van der Waals surface area contributed by atoms with E-state index in [9.17, 15) is 19.5 Å². The average molecular weight is 530 g/mol. The molecule has 2 aromatic rings. The molecule has 1 aliphatic carbocycles. The molecule has 2 aliphatic heterocycles. The summed E-state index contributed by atoms with van der Waals surface area (Å²) >= 11 is 2.28. The van der Waals surface area contributed by atoms with E-state index in [2.05, 4.69) is 19.8 Å². The summed E-state index contributed by atoms with van der Waals surface area (Å²) in [5, 5.41) is 18.2. The van der Waals surface area contributed by atoms with Gasteiger partial charge in [-0.3, -0.25) is 14.5 Å². The summed E-state index contributed by atoms with van der Waals surface area (Å²) in [4.78, 5) is 48.9. The lowest BCUT2D eigenvalue weighted by Crippen LogP contribution is -2.71. The standard InChI is InChI=1S/C22H23N7O5S2/c23-22-25-17(27-36-22)14(26-34-13-6-2-3-7-13)18(30)24-15-19(31)29-16(21(32)33)12(11-35-20(15)29)10-28-8-4-1-5-9-28/h1,4-5,8-9,13,15,20H,2-3,6-7,10-11H2,(H3-,23,24,25,27,30,32,33)/t15?,20-/m1/s1. The largest absolute Gasteiger partial charge is 0.543 e. The van der Waals surface area contributed by atoms with Crippen LogP contribution in [0.2, 0.25) is 0 Å². The van der Waals surface area contributed by atoms with Crippen LogP contribution in [0.25, 0.3) is 0 Å². The van der Waals surface area contributed by atoms with Crippen LogP contribution >= 0.6 is 23.3 Å². The number of aromatic nitrogens is 3. The molecule has 3 N–H and O–H groups in total. The van der Waals surface area contributed by atoms with E-state index in [4.69, 9.17) is 10.6 Å². The fourth-order valence-electron chi connectivity index (χ4n) is 4.40. The zero-order valence-corrected chi connectivity index (χ0v) is 20.7. The highest BCUT2D eigenvalue weighted by Gasteiger charge is 2.53. The minimum absolute atomic E-state index is 0.00501. The van der Waals surface area contributed by atoms with E-state index >= 15 is 0 Å². The molecule has 12 nitrogen and oxygen atoms in total. The number of aliphatic carboxylic acids is 1. The minimum atomic E-state index is -1.43. The van der Waals surface area contributed by atoms with Crippen molar-refractivity contribution in [3.8, 4) is 0 Å². The molecule has 2 amide bonds. The fraction of sp³-hybridized carbons (Fsp3) is 0.409. The molecule has 5 rings (SSSR count). The van der Waals surface area contributed by atoms with Gasteiger partial charge < -0.3 is 25.8 Å². The van der Waals surface area contributed by atoms with Gasteiger partial charge in [0.25, 0.3) is 11.8 Å². The van der Waals surface area contributed by atoms with Crippen LogP contribution in [-0.4, -0.2) is 61.0 Å². The van der Waals surface area contributed by atoms with E-state index in [1.54, 1.807) is 0 Å². The van der Waals surface area contributed by atoms with Gasteiger partial charge in [-0.2, -0.15) is 9.36 Å². The third-order valence-corrected chi connectivity index (χ3v) is 8.02. The van der Waals surface area contributed by atoms with Crippen molar-refractivity contribution >= 4 is 51.9 Å². The summed E-state index contributed by atoms with van der Waals surface area (Å²) in [7, 11) is 0. The summed E-state index contributed by atoms with van der Waals surface area (Å²) in [5.74, 6) is -2.31. The number of rotatable bonds is 8. The second-order valence-electron chi connectivity index (χ2n) is 8.56. The number of carboxylic acids is 1. The second-order valence-corrected chi connectivity index (χ2v) is 10.4. The number of β-lactam (4-membered cyclic amide) rings is 1. The Balaban J connectivity index is 1.33. The van der Waals surface area contributed by atoms with Crippen molar-refractivity contribution < 1.29 is 28.9 Å². The number of nitrogens with two attached hydrogens (primary N) is 1. The van der Waals surface area contributed by atoms with Crippen LogP contribution in [-0.2, 0) is 25.8 Å². The number of amides is 2. The third-order valence-electron chi connectivity index (χ3n) is 6.14. The van der Waals surface area contributed by atoms with Crippen LogP contribution < -0.4 is 20.7 Å². The quantitative estimate of drug-likeness (QED) is 0.192. The highest BCUT2D eigenvalue weighted by atomic mass is 32.2. The van der Waals surface area contributed by atoms with Crippen molar-refractivity contribution in [2.45, 2.75) is 49.7 Å². The van der Waals surface area contributed by atoms with Crippen molar-refractivity contribution in [3.63, 3.8) is 0 Å². The zero-order chi connectivity index (χ0) is 25.2. The number of nitrogen functional groups attached to an aromatic ring is 1. The molecule has 1 unspecified atom stereocenters. The van der Waals surface area contributed by atoms with Crippen LogP contribution in [0.15, 0.2) is 47.0 Å². The van der Waals surface area contributed by atoms with Gasteiger partial charge in [0.1, 0.15) is 17.5 Å². The first-order valence-electron chi connectivity index (χ1n) is 11.4. The molecule has 0 bridgehead atoms. The number of oxime groups is 1. The maximum absolute atomic E-state index is 13.1. The van der Waals surface area contributed by atoms with Crippen molar-refractivity contribution in [3.05, 3.63) is 47.7 Å². The molecule has 2 fully saturated rings. The number of carbonyl (C=O) groups is 3. The Kier molecular flexibility index (Phi) is 6.87. The lowest BCUT2D eigenvalue weighted by molar-refractivity contribution is -0.689. The average Bonchev–Trinajstić information content (AvgIpc) is 3.55. The van der Waals surface area contributed by atoms with E-state index in [1.165, 1.54) is 16.7 Å². The van der Waals surface area contributed by atoms with Crippen LogP contribution in [0.5, 0.6) is 0 Å². The van der Waals surface area contributed by atoms with E-state index in [0.717, 1.165) is 37.2 Å². The number of thioether (sulfide) groups is 1. The van der Waals surface area contributed by atoms with Gasteiger partial charge in [-0.05, 0) is 25.7 Å². The SMILES string of the molecule is Nc1nc(C(=NOC2CCCC2)C(=O)NC2C(=O)N3C(C(=O)[O-])=C(C[n+]4ccccc4)CS[C@H]23)ns1. The van der Waals surface area contributed by atoms with Crippen LogP contribution in [0.1, 0.15) is 31.5 Å². The molecule has 2 atom stereocenters. The van der Waals surface area contributed by atoms with Crippen molar-refractivity contribution in [1.82, 2.24) is 19.6 Å². The highest BCUT2D eigenvalue weighted by Crippen LogP contribution is 2.40. The van der Waals surface area contributed by atoms with E-state index < -0.39 is 29.2 Å². The Bertz CT molecular complexity index is 1240. The number of carboxylic acid groups (broad SMARTS) is 1. The van der Waals surface area contributed by atoms with Crippen molar-refractivity contribution in [2.75, 3.05) is 11.5 Å². The summed E-state index contributed by atoms with van der Waals surface area (Å²) in [6, 6.07) is 4.57. The van der Waals surface area contributed by atoms with Gasteiger partial charge in [0.15, 0.2) is 24.1 Å². The van der Waals surface area contributed by atoms with Gasteiger partial charge in [-0.15, -0.1) is 11.8 Å². The highest BCUT2D eigenvalue weighted by molar-refractivity contribution is 8.00. The Morgan fingerprint density at radius 2 is 2.03 bits per heavy atom. The first-order chi connectivity index (χ1) is 17.4. The molecular weight excluding hydrogens is 506 g/mol. The third kappa shape index (κ3) is 4.78. The molecule has 0 aromatic carbocycles. The van der Waals surface area contributed by atoms with Gasteiger partial charge in [0.05, 0.1) is 11.7 Å². The number of hydrogen-bond acceptors (Lipinski definition) is 11. The molecule has 2 aromatic heterocycles. The van der Waals surface area contributed by atoms with Gasteiger partial charge >= 0.3 is 0 Å². The van der Waals surface area contributed by atoms with Crippen LogP contribution in [0.3, 0.4) is 0 Å². The van der Waals surface area contributed by atoms with E-state index in [-0.39, 0.29) is 28.5 Å². The lowest BCUT2D eigenvalue weighted by atomic mass is 10.0. The molecule has 0 spiro atoms.